The van der Waals surface area contributed by atoms with Crippen molar-refractivity contribution in [1.29, 1.82) is 0 Å². The minimum Gasteiger partial charge on any atom is -0.486 e. The van der Waals surface area contributed by atoms with Crippen molar-refractivity contribution < 1.29 is 19.1 Å². The van der Waals surface area contributed by atoms with Crippen LogP contribution in [0.2, 0.25) is 0 Å². The molecule has 1 heterocycles. The standard InChI is InChI=1S/C20H22N2O4/c1-14-4-2-3-5-15(14)6-9-19(23)21-13-20(24)22-16-7-8-17-18(12-16)26-11-10-25-17/h2-5,7-8,12H,6,9-11,13H2,1H3,(H,21,23)(H,22,24). The van der Waals surface area contributed by atoms with Crippen LogP contribution in [0.15, 0.2) is 42.5 Å². The maximum atomic E-state index is 12.0. The van der Waals surface area contributed by atoms with Crippen LogP contribution in [-0.2, 0) is 16.0 Å². The second-order valence-corrected chi connectivity index (χ2v) is 6.11. The molecule has 3 rings (SSSR count). The van der Waals surface area contributed by atoms with Crippen molar-refractivity contribution in [2.24, 2.45) is 0 Å². The van der Waals surface area contributed by atoms with E-state index in [2.05, 4.69) is 10.6 Å². The number of aryl methyl sites for hydroxylation is 2. The Bertz CT molecular complexity index is 804. The fourth-order valence-electron chi connectivity index (χ4n) is 2.73. The highest BCUT2D eigenvalue weighted by Gasteiger charge is 2.13. The Morgan fingerprint density at radius 1 is 1.00 bits per heavy atom. The molecule has 1 aliphatic heterocycles. The Labute approximate surface area is 152 Å². The molecule has 0 radical (unpaired) electrons. The van der Waals surface area contributed by atoms with E-state index in [9.17, 15) is 9.59 Å². The van der Waals surface area contributed by atoms with E-state index < -0.39 is 0 Å². The van der Waals surface area contributed by atoms with Crippen LogP contribution in [0.1, 0.15) is 17.5 Å². The van der Waals surface area contributed by atoms with Crippen molar-refractivity contribution in [2.75, 3.05) is 25.1 Å². The molecule has 1 aliphatic rings. The van der Waals surface area contributed by atoms with E-state index in [0.717, 1.165) is 11.1 Å². The monoisotopic (exact) mass is 354 g/mol. The molecule has 0 aromatic heterocycles. The third-order valence-corrected chi connectivity index (χ3v) is 4.15. The molecule has 0 aliphatic carbocycles. The number of fused-ring (bicyclic) bond motifs is 1. The van der Waals surface area contributed by atoms with Gasteiger partial charge in [-0.25, -0.2) is 0 Å². The summed E-state index contributed by atoms with van der Waals surface area (Å²) in [5, 5.41) is 5.39. The van der Waals surface area contributed by atoms with Gasteiger partial charge >= 0.3 is 0 Å². The lowest BCUT2D eigenvalue weighted by atomic mass is 10.0. The molecule has 2 aromatic rings. The Kier molecular flexibility index (Phi) is 5.73. The van der Waals surface area contributed by atoms with Crippen LogP contribution in [0.4, 0.5) is 5.69 Å². The quantitative estimate of drug-likeness (QED) is 0.835. The number of carbonyl (C=O) groups is 2. The van der Waals surface area contributed by atoms with Crippen LogP contribution in [0.5, 0.6) is 11.5 Å². The molecule has 26 heavy (non-hydrogen) atoms. The molecule has 6 heteroatoms. The van der Waals surface area contributed by atoms with Gasteiger partial charge in [0.1, 0.15) is 13.2 Å². The van der Waals surface area contributed by atoms with E-state index in [1.165, 1.54) is 0 Å². The fourth-order valence-corrected chi connectivity index (χ4v) is 2.73. The van der Waals surface area contributed by atoms with Crippen LogP contribution in [0.3, 0.4) is 0 Å². The molecule has 2 aromatic carbocycles. The van der Waals surface area contributed by atoms with Gasteiger partial charge in [0.05, 0.1) is 6.54 Å². The highest BCUT2D eigenvalue weighted by atomic mass is 16.6. The van der Waals surface area contributed by atoms with Crippen LogP contribution < -0.4 is 20.1 Å². The van der Waals surface area contributed by atoms with Crippen molar-refractivity contribution >= 4 is 17.5 Å². The van der Waals surface area contributed by atoms with Crippen molar-refractivity contribution in [2.45, 2.75) is 19.8 Å². The van der Waals surface area contributed by atoms with Gasteiger partial charge in [-0.05, 0) is 36.6 Å². The third kappa shape index (κ3) is 4.75. The normalized spacial score (nSPS) is 12.3. The molecule has 0 saturated carbocycles. The number of rotatable bonds is 6. The smallest absolute Gasteiger partial charge is 0.243 e. The van der Waals surface area contributed by atoms with Crippen LogP contribution >= 0.6 is 0 Å². The first-order chi connectivity index (χ1) is 12.6. The second-order valence-electron chi connectivity index (χ2n) is 6.11. The molecule has 2 amide bonds. The molecule has 0 spiro atoms. The number of anilines is 1. The summed E-state index contributed by atoms with van der Waals surface area (Å²) in [7, 11) is 0. The topological polar surface area (TPSA) is 76.7 Å². The predicted molar refractivity (Wildman–Crippen MR) is 98.6 cm³/mol. The molecule has 0 unspecified atom stereocenters. The van der Waals surface area contributed by atoms with Crippen LogP contribution in [0, 0.1) is 6.92 Å². The van der Waals surface area contributed by atoms with Gasteiger partial charge in [0.2, 0.25) is 11.8 Å². The van der Waals surface area contributed by atoms with Crippen molar-refractivity contribution in [3.05, 3.63) is 53.6 Å². The average Bonchev–Trinajstić information content (AvgIpc) is 2.65. The molecule has 6 nitrogen and oxygen atoms in total. The van der Waals surface area contributed by atoms with E-state index >= 15 is 0 Å². The first-order valence-electron chi connectivity index (χ1n) is 8.62. The van der Waals surface area contributed by atoms with Gasteiger partial charge in [-0.2, -0.15) is 0 Å². The van der Waals surface area contributed by atoms with E-state index in [-0.39, 0.29) is 18.4 Å². The van der Waals surface area contributed by atoms with E-state index in [0.29, 0.717) is 43.2 Å². The summed E-state index contributed by atoms with van der Waals surface area (Å²) >= 11 is 0. The molecule has 0 bridgehead atoms. The zero-order valence-electron chi connectivity index (χ0n) is 14.7. The zero-order valence-corrected chi connectivity index (χ0v) is 14.7. The van der Waals surface area contributed by atoms with Gasteiger partial charge in [-0.1, -0.05) is 24.3 Å². The summed E-state index contributed by atoms with van der Waals surface area (Å²) in [5.74, 6) is 0.839. The number of benzene rings is 2. The lowest BCUT2D eigenvalue weighted by molar-refractivity contribution is -0.124. The molecule has 0 saturated heterocycles. The van der Waals surface area contributed by atoms with Crippen LogP contribution in [-0.4, -0.2) is 31.6 Å². The number of ether oxygens (including phenoxy) is 2. The van der Waals surface area contributed by atoms with Crippen LogP contribution in [0.25, 0.3) is 0 Å². The second kappa shape index (κ2) is 8.38. The summed E-state index contributed by atoms with van der Waals surface area (Å²) in [4.78, 5) is 24.0. The lowest BCUT2D eigenvalue weighted by Crippen LogP contribution is -2.33. The highest BCUT2D eigenvalue weighted by Crippen LogP contribution is 2.32. The Balaban J connectivity index is 1.43. The molecule has 2 N–H and O–H groups in total. The van der Waals surface area contributed by atoms with Gasteiger partial charge in [0, 0.05) is 18.2 Å². The van der Waals surface area contributed by atoms with Gasteiger partial charge in [-0.3, -0.25) is 9.59 Å². The predicted octanol–water partition coefficient (Wildman–Crippen LogP) is 2.45. The molecule has 0 atom stereocenters. The number of nitrogens with one attached hydrogen (secondary N) is 2. The van der Waals surface area contributed by atoms with Gasteiger partial charge in [0.15, 0.2) is 11.5 Å². The third-order valence-electron chi connectivity index (χ3n) is 4.15. The van der Waals surface area contributed by atoms with Gasteiger partial charge < -0.3 is 20.1 Å². The maximum Gasteiger partial charge on any atom is 0.243 e. The fraction of sp³-hybridized carbons (Fsp3) is 0.300. The molecular weight excluding hydrogens is 332 g/mol. The first kappa shape index (κ1) is 17.8. The largest absolute Gasteiger partial charge is 0.486 e. The van der Waals surface area contributed by atoms with Crippen molar-refractivity contribution in [3.63, 3.8) is 0 Å². The maximum absolute atomic E-state index is 12.0. The van der Waals surface area contributed by atoms with E-state index in [1.54, 1.807) is 18.2 Å². The van der Waals surface area contributed by atoms with Crippen molar-refractivity contribution in [1.82, 2.24) is 5.32 Å². The molecule has 0 fully saturated rings. The SMILES string of the molecule is Cc1ccccc1CCC(=O)NCC(=O)Nc1ccc2c(c1)OCCO2. The first-order valence-corrected chi connectivity index (χ1v) is 8.62. The zero-order chi connectivity index (χ0) is 18.4. The lowest BCUT2D eigenvalue weighted by Gasteiger charge is -2.19. The Morgan fingerprint density at radius 2 is 1.77 bits per heavy atom. The number of hydrogen-bond acceptors (Lipinski definition) is 4. The summed E-state index contributed by atoms with van der Waals surface area (Å²) in [5.41, 5.74) is 2.91. The van der Waals surface area contributed by atoms with Gasteiger partial charge in [0.25, 0.3) is 0 Å². The number of amides is 2. The number of carbonyl (C=O) groups excluding carboxylic acids is 2. The van der Waals surface area contributed by atoms with E-state index in [4.69, 9.17) is 9.47 Å². The summed E-state index contributed by atoms with van der Waals surface area (Å²) in [6.07, 6.45) is 1.00. The molecule has 136 valence electrons. The van der Waals surface area contributed by atoms with Gasteiger partial charge in [-0.15, -0.1) is 0 Å². The minimum atomic E-state index is -0.286. The molecular formula is C20H22N2O4. The highest BCUT2D eigenvalue weighted by molar-refractivity contribution is 5.94. The number of hydrogen-bond donors (Lipinski definition) is 2. The van der Waals surface area contributed by atoms with Crippen molar-refractivity contribution in [3.8, 4) is 11.5 Å². The average molecular weight is 354 g/mol. The van der Waals surface area contributed by atoms with E-state index in [1.807, 2.05) is 31.2 Å². The summed E-state index contributed by atoms with van der Waals surface area (Å²) in [6, 6.07) is 13.2. The Morgan fingerprint density at radius 3 is 2.58 bits per heavy atom. The summed E-state index contributed by atoms with van der Waals surface area (Å²) < 4.78 is 10.9. The Hall–Kier alpha value is -3.02. The summed E-state index contributed by atoms with van der Waals surface area (Å²) in [6.45, 7) is 2.96. The minimum absolute atomic E-state index is 0.0684.